The first-order valence-electron chi connectivity index (χ1n) is 10.6. The highest BCUT2D eigenvalue weighted by Crippen LogP contribution is 2.39. The highest BCUT2D eigenvalue weighted by molar-refractivity contribution is 14.0. The molecule has 3 rings (SSSR count). The average Bonchev–Trinajstić information content (AvgIpc) is 2.87. The molecule has 2 aliphatic heterocycles. The monoisotopic (exact) mass is 515 g/mol. The van der Waals surface area contributed by atoms with Crippen molar-refractivity contribution in [3.8, 4) is 5.75 Å². The van der Waals surface area contributed by atoms with E-state index < -0.39 is 0 Å². The summed E-state index contributed by atoms with van der Waals surface area (Å²) in [5.74, 6) is 1.84. The number of halogens is 1. The van der Waals surface area contributed by atoms with Gasteiger partial charge in [0.25, 0.3) is 0 Å². The van der Waals surface area contributed by atoms with E-state index in [0.717, 1.165) is 37.6 Å². The van der Waals surface area contributed by atoms with Gasteiger partial charge >= 0.3 is 0 Å². The van der Waals surface area contributed by atoms with Gasteiger partial charge in [-0.15, -0.1) is 24.0 Å². The topological polar surface area (TPSA) is 52.1 Å². The molecule has 0 radical (unpaired) electrons. The van der Waals surface area contributed by atoms with E-state index >= 15 is 0 Å². The third-order valence-corrected chi connectivity index (χ3v) is 5.67. The average molecular weight is 515 g/mol. The number of likely N-dealkylation sites (N-methyl/N-ethyl adjacent to an activating group) is 1. The lowest BCUT2D eigenvalue weighted by atomic mass is 9.90. The minimum Gasteiger partial charge on any atom is -0.487 e. The Morgan fingerprint density at radius 1 is 1.21 bits per heavy atom. The van der Waals surface area contributed by atoms with E-state index in [1.54, 1.807) is 0 Å². The summed E-state index contributed by atoms with van der Waals surface area (Å²) < 4.78 is 6.14. The summed E-state index contributed by atoms with van der Waals surface area (Å²) in [4.78, 5) is 9.46. The van der Waals surface area contributed by atoms with Gasteiger partial charge in [-0.3, -0.25) is 4.99 Å². The number of ether oxygens (including phenoxy) is 1. The number of guanidine groups is 1. The fraction of sp³-hybridized carbons (Fsp3) is 0.682. The van der Waals surface area contributed by atoms with Crippen LogP contribution in [-0.4, -0.2) is 74.7 Å². The first-order valence-corrected chi connectivity index (χ1v) is 10.6. The second kappa shape index (κ2) is 11.4. The summed E-state index contributed by atoms with van der Waals surface area (Å²) in [5.41, 5.74) is 1.02. The van der Waals surface area contributed by atoms with E-state index in [9.17, 15) is 0 Å². The van der Waals surface area contributed by atoms with Crippen LogP contribution in [-0.2, 0) is 0 Å². The van der Waals surface area contributed by atoms with Crippen molar-refractivity contribution < 1.29 is 4.74 Å². The normalized spacial score (nSPS) is 22.6. The summed E-state index contributed by atoms with van der Waals surface area (Å²) in [6, 6.07) is 8.51. The molecule has 0 amide bonds. The van der Waals surface area contributed by atoms with Gasteiger partial charge in [0.05, 0.1) is 6.04 Å². The standard InChI is InChI=1S/C22H37N5O.HI/c1-22(2)17-19(18-9-5-6-10-20(18)28-22)25-21(23-3)24-11-7-13-27-14-8-12-26(4)15-16-27;/h5-6,9-10,19H,7-8,11-17H2,1-4H3,(H2,23,24,25);1H. The minimum absolute atomic E-state index is 0. The van der Waals surface area contributed by atoms with E-state index in [1.165, 1.54) is 38.2 Å². The zero-order valence-electron chi connectivity index (χ0n) is 18.4. The predicted molar refractivity (Wildman–Crippen MR) is 132 cm³/mol. The summed E-state index contributed by atoms with van der Waals surface area (Å²) in [7, 11) is 4.06. The van der Waals surface area contributed by atoms with Crippen molar-refractivity contribution in [2.24, 2.45) is 4.99 Å². The maximum absolute atomic E-state index is 6.14. The third-order valence-electron chi connectivity index (χ3n) is 5.67. The maximum Gasteiger partial charge on any atom is 0.191 e. The van der Waals surface area contributed by atoms with Crippen molar-refractivity contribution in [2.45, 2.75) is 44.8 Å². The Kier molecular flexibility index (Phi) is 9.49. The molecular weight excluding hydrogens is 477 g/mol. The maximum atomic E-state index is 6.14. The molecule has 1 fully saturated rings. The zero-order valence-corrected chi connectivity index (χ0v) is 20.7. The van der Waals surface area contributed by atoms with Gasteiger partial charge in [-0.05, 0) is 59.4 Å². The van der Waals surface area contributed by atoms with Crippen molar-refractivity contribution in [1.82, 2.24) is 20.4 Å². The summed E-state index contributed by atoms with van der Waals surface area (Å²) in [6.45, 7) is 11.1. The number of benzene rings is 1. The molecule has 1 unspecified atom stereocenters. The van der Waals surface area contributed by atoms with Gasteiger partial charge in [-0.1, -0.05) is 18.2 Å². The number of nitrogens with zero attached hydrogens (tertiary/aromatic N) is 3. The Morgan fingerprint density at radius 2 is 2.00 bits per heavy atom. The van der Waals surface area contributed by atoms with Crippen molar-refractivity contribution in [1.29, 1.82) is 0 Å². The Morgan fingerprint density at radius 3 is 2.79 bits per heavy atom. The molecule has 2 heterocycles. The molecule has 0 aromatic heterocycles. The molecule has 1 atom stereocenters. The molecule has 1 saturated heterocycles. The van der Waals surface area contributed by atoms with E-state index in [4.69, 9.17) is 4.74 Å². The third kappa shape index (κ3) is 7.29. The largest absolute Gasteiger partial charge is 0.487 e. The highest BCUT2D eigenvalue weighted by Gasteiger charge is 2.33. The number of nitrogens with one attached hydrogen (secondary N) is 2. The fourth-order valence-corrected chi connectivity index (χ4v) is 4.12. The number of hydrogen-bond acceptors (Lipinski definition) is 4. The van der Waals surface area contributed by atoms with Crippen LogP contribution >= 0.6 is 24.0 Å². The molecule has 1 aromatic rings. The number of hydrogen-bond donors (Lipinski definition) is 2. The van der Waals surface area contributed by atoms with Crippen LogP contribution in [0.1, 0.15) is 44.7 Å². The second-order valence-electron chi connectivity index (χ2n) is 8.65. The van der Waals surface area contributed by atoms with E-state index in [-0.39, 0.29) is 35.6 Å². The van der Waals surface area contributed by atoms with Gasteiger partial charge in [0.2, 0.25) is 0 Å². The zero-order chi connectivity index (χ0) is 20.0. The first-order chi connectivity index (χ1) is 13.5. The molecule has 0 saturated carbocycles. The molecule has 2 aliphatic rings. The van der Waals surface area contributed by atoms with Crippen LogP contribution < -0.4 is 15.4 Å². The minimum atomic E-state index is -0.190. The molecular formula is C22H38IN5O. The molecule has 0 bridgehead atoms. The van der Waals surface area contributed by atoms with Crippen LogP contribution in [0.2, 0.25) is 0 Å². The van der Waals surface area contributed by atoms with Crippen LogP contribution in [0.4, 0.5) is 0 Å². The van der Waals surface area contributed by atoms with Crippen LogP contribution in [0.5, 0.6) is 5.75 Å². The summed E-state index contributed by atoms with van der Waals surface area (Å²) in [6.07, 6.45) is 3.30. The first kappa shape index (κ1) is 24.2. The quantitative estimate of drug-likeness (QED) is 0.273. The van der Waals surface area contributed by atoms with Crippen LogP contribution in [0, 0.1) is 0 Å². The van der Waals surface area contributed by atoms with Gasteiger partial charge in [0, 0.05) is 38.7 Å². The lowest BCUT2D eigenvalue weighted by Gasteiger charge is -2.38. The molecule has 0 aliphatic carbocycles. The molecule has 6 nitrogen and oxygen atoms in total. The number of fused-ring (bicyclic) bond motifs is 1. The van der Waals surface area contributed by atoms with Gasteiger partial charge in [-0.25, -0.2) is 0 Å². The number of para-hydroxylation sites is 1. The van der Waals surface area contributed by atoms with E-state index in [1.807, 2.05) is 13.1 Å². The van der Waals surface area contributed by atoms with Crippen LogP contribution in [0.25, 0.3) is 0 Å². The second-order valence-corrected chi connectivity index (χ2v) is 8.65. The summed E-state index contributed by atoms with van der Waals surface area (Å²) in [5, 5.41) is 7.11. The van der Waals surface area contributed by atoms with Gasteiger partial charge in [0.1, 0.15) is 11.4 Å². The summed E-state index contributed by atoms with van der Waals surface area (Å²) >= 11 is 0. The number of rotatable bonds is 5. The SMILES string of the molecule is CN=C(NCCCN1CCCN(C)CC1)NC1CC(C)(C)Oc2ccccc21.I. The fourth-order valence-electron chi connectivity index (χ4n) is 4.12. The number of aliphatic imine (C=N–C) groups is 1. The molecule has 2 N–H and O–H groups in total. The Balaban J connectivity index is 0.00000300. The van der Waals surface area contributed by atoms with E-state index in [0.29, 0.717) is 0 Å². The predicted octanol–water partition coefficient (Wildman–Crippen LogP) is 3.10. The van der Waals surface area contributed by atoms with Crippen molar-refractivity contribution in [3.05, 3.63) is 29.8 Å². The Labute approximate surface area is 193 Å². The van der Waals surface area contributed by atoms with E-state index in [2.05, 4.69) is 64.5 Å². The van der Waals surface area contributed by atoms with Crippen molar-refractivity contribution in [3.63, 3.8) is 0 Å². The van der Waals surface area contributed by atoms with Gasteiger partial charge in [0.15, 0.2) is 5.96 Å². The van der Waals surface area contributed by atoms with Crippen molar-refractivity contribution in [2.75, 3.05) is 53.4 Å². The molecule has 0 spiro atoms. The Hall–Kier alpha value is -1.06. The van der Waals surface area contributed by atoms with Gasteiger partial charge < -0.3 is 25.2 Å². The highest BCUT2D eigenvalue weighted by atomic mass is 127. The molecule has 29 heavy (non-hydrogen) atoms. The smallest absolute Gasteiger partial charge is 0.191 e. The molecule has 7 heteroatoms. The molecule has 164 valence electrons. The van der Waals surface area contributed by atoms with Gasteiger partial charge in [-0.2, -0.15) is 0 Å². The lowest BCUT2D eigenvalue weighted by molar-refractivity contribution is 0.0694. The lowest BCUT2D eigenvalue weighted by Crippen LogP contribution is -2.45. The van der Waals surface area contributed by atoms with Crippen LogP contribution in [0.15, 0.2) is 29.3 Å². The van der Waals surface area contributed by atoms with Crippen LogP contribution in [0.3, 0.4) is 0 Å². The molecule has 1 aromatic carbocycles. The Bertz CT molecular complexity index is 666. The van der Waals surface area contributed by atoms with Crippen molar-refractivity contribution >= 4 is 29.9 Å².